The van der Waals surface area contributed by atoms with Gasteiger partial charge in [-0.25, -0.2) is 8.78 Å². The fraction of sp³-hybridized carbons (Fsp3) is 0.417. The highest BCUT2D eigenvalue weighted by Gasteiger charge is 2.31. The van der Waals surface area contributed by atoms with Crippen LogP contribution in [0.1, 0.15) is 17.3 Å². The van der Waals surface area contributed by atoms with E-state index in [1.54, 1.807) is 0 Å². The fourth-order valence-electron chi connectivity index (χ4n) is 1.54. The van der Waals surface area contributed by atoms with E-state index in [0.717, 1.165) is 17.0 Å². The topological polar surface area (TPSA) is 20.3 Å². The number of hydrogen-bond donors (Lipinski definition) is 0. The molecule has 0 unspecified atom stereocenters. The molecule has 0 atom stereocenters. The first-order chi connectivity index (χ1) is 8.73. The Balaban J connectivity index is 2.77. The van der Waals surface area contributed by atoms with E-state index in [2.05, 4.69) is 0 Å². The van der Waals surface area contributed by atoms with Crippen molar-refractivity contribution in [2.75, 3.05) is 19.6 Å². The molecule has 0 radical (unpaired) electrons. The van der Waals surface area contributed by atoms with Crippen molar-refractivity contribution in [1.82, 2.24) is 4.90 Å². The van der Waals surface area contributed by atoms with Gasteiger partial charge in [-0.05, 0) is 18.7 Å². The molecule has 106 valence electrons. The minimum absolute atomic E-state index is 0.00589. The van der Waals surface area contributed by atoms with E-state index in [4.69, 9.17) is 0 Å². The van der Waals surface area contributed by atoms with Crippen LogP contribution in [0.15, 0.2) is 18.2 Å². The third-order valence-electron chi connectivity index (χ3n) is 2.45. The summed E-state index contributed by atoms with van der Waals surface area (Å²) in [6.07, 6.45) is -4.43. The molecule has 1 aromatic carbocycles. The van der Waals surface area contributed by atoms with Crippen LogP contribution < -0.4 is 0 Å². The van der Waals surface area contributed by atoms with E-state index >= 15 is 0 Å². The van der Waals surface area contributed by atoms with Gasteiger partial charge in [0.05, 0.1) is 18.7 Å². The Morgan fingerprint density at radius 1 is 1.26 bits per heavy atom. The van der Waals surface area contributed by atoms with Crippen molar-refractivity contribution in [3.05, 3.63) is 35.4 Å². The number of rotatable bonds is 5. The van der Waals surface area contributed by atoms with Crippen molar-refractivity contribution in [3.8, 4) is 0 Å². The van der Waals surface area contributed by atoms with Gasteiger partial charge in [-0.2, -0.15) is 13.2 Å². The zero-order chi connectivity index (χ0) is 14.6. The van der Waals surface area contributed by atoms with Crippen molar-refractivity contribution in [1.29, 1.82) is 0 Å². The Kier molecular flexibility index (Phi) is 4.99. The van der Waals surface area contributed by atoms with Gasteiger partial charge < -0.3 is 0 Å². The van der Waals surface area contributed by atoms with E-state index in [9.17, 15) is 26.7 Å². The third-order valence-corrected chi connectivity index (χ3v) is 2.45. The third kappa shape index (κ3) is 4.94. The molecule has 0 saturated carbocycles. The zero-order valence-corrected chi connectivity index (χ0v) is 10.1. The van der Waals surface area contributed by atoms with Crippen LogP contribution in [0.25, 0.3) is 0 Å². The van der Waals surface area contributed by atoms with E-state index in [1.165, 1.54) is 6.92 Å². The van der Waals surface area contributed by atoms with Crippen LogP contribution in [0.5, 0.6) is 0 Å². The normalized spacial score (nSPS) is 11.9. The van der Waals surface area contributed by atoms with Crippen molar-refractivity contribution in [2.45, 2.75) is 13.1 Å². The molecule has 0 amide bonds. The van der Waals surface area contributed by atoms with E-state index < -0.39 is 42.2 Å². The molecule has 0 saturated heterocycles. The van der Waals surface area contributed by atoms with Gasteiger partial charge in [0.25, 0.3) is 0 Å². The predicted molar refractivity (Wildman–Crippen MR) is 58.9 cm³/mol. The Morgan fingerprint density at radius 3 is 2.37 bits per heavy atom. The molecular weight excluding hydrogens is 269 g/mol. The quantitative estimate of drug-likeness (QED) is 0.611. The first kappa shape index (κ1) is 15.6. The van der Waals surface area contributed by atoms with Gasteiger partial charge in [0, 0.05) is 6.07 Å². The first-order valence-electron chi connectivity index (χ1n) is 5.50. The van der Waals surface area contributed by atoms with Crippen molar-refractivity contribution < 1.29 is 26.7 Å². The van der Waals surface area contributed by atoms with Gasteiger partial charge in [-0.3, -0.25) is 9.69 Å². The number of alkyl halides is 3. The van der Waals surface area contributed by atoms with Gasteiger partial charge >= 0.3 is 6.18 Å². The van der Waals surface area contributed by atoms with Gasteiger partial charge in [-0.15, -0.1) is 0 Å². The summed E-state index contributed by atoms with van der Waals surface area (Å²) in [5, 5.41) is 0. The van der Waals surface area contributed by atoms with Crippen LogP contribution >= 0.6 is 0 Å². The summed E-state index contributed by atoms with van der Waals surface area (Å²) in [6.45, 7) is -0.370. The SMILES string of the molecule is CCN(CC(=O)c1ccc(F)cc1F)CC(F)(F)F. The zero-order valence-electron chi connectivity index (χ0n) is 10.1. The number of ketones is 1. The smallest absolute Gasteiger partial charge is 0.293 e. The molecule has 0 fully saturated rings. The van der Waals surface area contributed by atoms with Crippen LogP contribution in [-0.2, 0) is 0 Å². The number of carbonyl (C=O) groups excluding carboxylic acids is 1. The second-order valence-electron chi connectivity index (χ2n) is 3.97. The molecule has 0 aliphatic heterocycles. The van der Waals surface area contributed by atoms with Gasteiger partial charge in [-0.1, -0.05) is 6.92 Å². The second kappa shape index (κ2) is 6.10. The number of halogens is 5. The Morgan fingerprint density at radius 2 is 1.89 bits per heavy atom. The average molecular weight is 281 g/mol. The second-order valence-corrected chi connectivity index (χ2v) is 3.97. The molecule has 19 heavy (non-hydrogen) atoms. The largest absolute Gasteiger partial charge is 0.401 e. The number of Topliss-reactive ketones (excluding diaryl/α,β-unsaturated/α-hetero) is 1. The summed E-state index contributed by atoms with van der Waals surface area (Å²) in [5.41, 5.74) is -0.415. The molecular formula is C12H12F5NO. The molecule has 0 heterocycles. The summed E-state index contributed by atoms with van der Waals surface area (Å²) in [6, 6.07) is 2.33. The monoisotopic (exact) mass is 281 g/mol. The highest BCUT2D eigenvalue weighted by Crippen LogP contribution is 2.17. The lowest BCUT2D eigenvalue weighted by molar-refractivity contribution is -0.144. The molecule has 0 bridgehead atoms. The number of benzene rings is 1. The molecule has 1 aromatic rings. The Labute approximate surface area is 106 Å². The standard InChI is InChI=1S/C12H12F5NO/c1-2-18(7-12(15,16)17)6-11(19)9-4-3-8(13)5-10(9)14/h3-5H,2,6-7H2,1H3. The van der Waals surface area contributed by atoms with Crippen LogP contribution in [-0.4, -0.2) is 36.5 Å². The molecule has 0 aliphatic carbocycles. The summed E-state index contributed by atoms with van der Waals surface area (Å²) in [5.74, 6) is -2.74. The van der Waals surface area contributed by atoms with Crippen molar-refractivity contribution in [3.63, 3.8) is 0 Å². The van der Waals surface area contributed by atoms with E-state index in [0.29, 0.717) is 6.07 Å². The highest BCUT2D eigenvalue weighted by molar-refractivity contribution is 5.97. The highest BCUT2D eigenvalue weighted by atomic mass is 19.4. The van der Waals surface area contributed by atoms with Crippen LogP contribution in [0, 0.1) is 11.6 Å². The summed E-state index contributed by atoms with van der Waals surface area (Å²) in [4.78, 5) is 12.5. The van der Waals surface area contributed by atoms with Crippen molar-refractivity contribution in [2.24, 2.45) is 0 Å². The van der Waals surface area contributed by atoms with E-state index in [1.807, 2.05) is 0 Å². The Bertz CT molecular complexity index is 458. The lowest BCUT2D eigenvalue weighted by Crippen LogP contribution is -2.37. The van der Waals surface area contributed by atoms with Gasteiger partial charge in [0.1, 0.15) is 11.6 Å². The average Bonchev–Trinajstić information content (AvgIpc) is 2.25. The Hall–Kier alpha value is -1.50. The fourth-order valence-corrected chi connectivity index (χ4v) is 1.54. The lowest BCUT2D eigenvalue weighted by atomic mass is 10.1. The number of hydrogen-bond acceptors (Lipinski definition) is 2. The van der Waals surface area contributed by atoms with Gasteiger partial charge in [0.2, 0.25) is 0 Å². The number of nitrogens with zero attached hydrogens (tertiary/aromatic N) is 1. The minimum atomic E-state index is -4.43. The maximum atomic E-state index is 13.3. The molecule has 7 heteroatoms. The number of carbonyl (C=O) groups is 1. The molecule has 0 N–H and O–H groups in total. The summed E-state index contributed by atoms with van der Waals surface area (Å²) in [7, 11) is 0. The molecule has 0 aromatic heterocycles. The summed E-state index contributed by atoms with van der Waals surface area (Å²) >= 11 is 0. The molecule has 0 spiro atoms. The molecule has 1 rings (SSSR count). The maximum Gasteiger partial charge on any atom is 0.401 e. The molecule has 2 nitrogen and oxygen atoms in total. The summed E-state index contributed by atoms with van der Waals surface area (Å²) < 4.78 is 62.5. The van der Waals surface area contributed by atoms with Crippen LogP contribution in [0.4, 0.5) is 22.0 Å². The van der Waals surface area contributed by atoms with Gasteiger partial charge in [0.15, 0.2) is 5.78 Å². The van der Waals surface area contributed by atoms with E-state index in [-0.39, 0.29) is 6.54 Å². The minimum Gasteiger partial charge on any atom is -0.293 e. The van der Waals surface area contributed by atoms with Crippen molar-refractivity contribution >= 4 is 5.78 Å². The molecule has 0 aliphatic rings. The predicted octanol–water partition coefficient (Wildman–Crippen LogP) is 3.03. The maximum absolute atomic E-state index is 13.3. The number of likely N-dealkylation sites (N-methyl/N-ethyl adjacent to an activating group) is 1. The van der Waals surface area contributed by atoms with Crippen LogP contribution in [0.3, 0.4) is 0 Å². The van der Waals surface area contributed by atoms with Crippen LogP contribution in [0.2, 0.25) is 0 Å². The lowest BCUT2D eigenvalue weighted by Gasteiger charge is -2.21. The first-order valence-corrected chi connectivity index (χ1v) is 5.50.